The summed E-state index contributed by atoms with van der Waals surface area (Å²) < 4.78 is 1.24. The van der Waals surface area contributed by atoms with Gasteiger partial charge in [-0.05, 0) is 35.2 Å². The van der Waals surface area contributed by atoms with Gasteiger partial charge in [-0.25, -0.2) is 9.78 Å². The molecule has 16 nitrogen and oxygen atoms in total. The van der Waals surface area contributed by atoms with Crippen molar-refractivity contribution in [1.29, 1.82) is 0 Å². The molecule has 0 radical (unpaired) electrons. The van der Waals surface area contributed by atoms with Crippen LogP contribution in [0.3, 0.4) is 0 Å². The number of thioether (sulfide) groups is 2. The number of thiazole rings is 1. The molecule has 1 aliphatic carbocycles. The lowest BCUT2D eigenvalue weighted by Crippen LogP contribution is -2.71. The molecule has 19 heteroatoms. The first-order chi connectivity index (χ1) is 20.5. The van der Waals surface area contributed by atoms with E-state index in [1.165, 1.54) is 34.1 Å². The molecule has 3 aliphatic rings. The number of nitrogens with two attached hydrogens (primary N) is 3. The normalized spacial score (nSPS) is 21.5. The molecule has 2 aromatic heterocycles. The number of aromatic nitrogens is 3. The standard InChI is InChI=1S/C24H27N9O7S3/c25-13-4-7-32(27)23(29-13)43-9-11-8-41-19-15(18(35)33(19)16(11)20(36)37)30-17(34)14(12-10-42-22(26)28-12)31-40-24(21(38)39)5-2-1-3-6-24/h4,7,10,15,19,25H,1-3,5-6,8-9,27H2,(H5,26,28,30,34,36,37,38,39)/b31-14-/t15?,19-/m1/s1. The number of β-lactam (4-membered cyclic amide) rings is 1. The largest absolute Gasteiger partial charge is 0.543 e. The number of fused-ring (bicyclic) bond motifs is 1. The number of aliphatic carboxylic acids is 2. The summed E-state index contributed by atoms with van der Waals surface area (Å²) in [4.78, 5) is 65.6. The maximum atomic E-state index is 13.4. The number of nitrogen functional groups attached to an aromatic ring is 3. The average Bonchev–Trinajstić information content (AvgIpc) is 3.41. The lowest BCUT2D eigenvalue weighted by Gasteiger charge is -2.50. The summed E-state index contributed by atoms with van der Waals surface area (Å²) in [6.07, 6.45) is 4.03. The highest BCUT2D eigenvalue weighted by atomic mass is 32.2. The molecule has 1 saturated heterocycles. The Morgan fingerprint density at radius 2 is 2.02 bits per heavy atom. The molecule has 8 N–H and O–H groups in total. The number of carbonyl (C=O) groups is 4. The summed E-state index contributed by atoms with van der Waals surface area (Å²) in [5.41, 5.74) is 9.67. The Hall–Kier alpha value is -4.10. The zero-order valence-electron chi connectivity index (χ0n) is 22.4. The van der Waals surface area contributed by atoms with E-state index in [-0.39, 0.29) is 52.4 Å². The van der Waals surface area contributed by atoms with E-state index in [1.54, 1.807) is 0 Å². The first kappa shape index (κ1) is 30.4. The van der Waals surface area contributed by atoms with E-state index >= 15 is 0 Å². The topological polar surface area (TPSA) is 256 Å². The maximum absolute atomic E-state index is 13.4. The van der Waals surface area contributed by atoms with Gasteiger partial charge in [0.2, 0.25) is 11.4 Å². The van der Waals surface area contributed by atoms with Crippen LogP contribution in [0.5, 0.6) is 0 Å². The van der Waals surface area contributed by atoms with E-state index in [0.717, 1.165) is 34.4 Å². The van der Waals surface area contributed by atoms with Crippen molar-refractivity contribution in [3.8, 4) is 0 Å². The van der Waals surface area contributed by atoms with E-state index in [0.29, 0.717) is 23.6 Å². The predicted octanol–water partition coefficient (Wildman–Crippen LogP) is -1.59. The Morgan fingerprint density at radius 3 is 2.67 bits per heavy atom. The summed E-state index contributed by atoms with van der Waals surface area (Å²) in [5.74, 6) is 2.19. The molecular weight excluding hydrogens is 623 g/mol. The van der Waals surface area contributed by atoms with Crippen LogP contribution in [0.2, 0.25) is 0 Å². The molecule has 5 rings (SSSR count). The third kappa shape index (κ3) is 6.04. The highest BCUT2D eigenvalue weighted by molar-refractivity contribution is 8.01. The van der Waals surface area contributed by atoms with Crippen molar-refractivity contribution >= 4 is 75.3 Å². The van der Waals surface area contributed by atoms with Crippen LogP contribution in [-0.2, 0) is 24.0 Å². The van der Waals surface area contributed by atoms with Gasteiger partial charge in [-0.2, -0.15) is 0 Å². The van der Waals surface area contributed by atoms with Gasteiger partial charge in [0.05, 0.1) is 11.7 Å². The fourth-order valence-corrected chi connectivity index (χ4v) is 7.82. The van der Waals surface area contributed by atoms with Gasteiger partial charge < -0.3 is 36.6 Å². The van der Waals surface area contributed by atoms with Crippen LogP contribution in [0.1, 0.15) is 37.8 Å². The van der Waals surface area contributed by atoms with E-state index in [1.807, 2.05) is 0 Å². The van der Waals surface area contributed by atoms with Gasteiger partial charge in [0.15, 0.2) is 10.8 Å². The molecule has 2 atom stereocenters. The first-order valence-electron chi connectivity index (χ1n) is 13.0. The maximum Gasteiger partial charge on any atom is 0.384 e. The fourth-order valence-electron chi connectivity index (χ4n) is 4.88. The van der Waals surface area contributed by atoms with Crippen molar-refractivity contribution in [3.63, 3.8) is 0 Å². The van der Waals surface area contributed by atoms with Gasteiger partial charge in [-0.3, -0.25) is 20.3 Å². The molecule has 2 fully saturated rings. The van der Waals surface area contributed by atoms with Crippen LogP contribution < -0.4 is 32.4 Å². The SMILES string of the molecule is Nc1cc[n+](N)c(SCC2=C(C(=O)[O-])N3C(=O)C(NC(=O)/C(=N\OC4(C(=O)O)CCCCC4)c4csc(N)n4)[C@H]3SC2)n1. The van der Waals surface area contributed by atoms with Gasteiger partial charge in [-0.15, -0.1) is 27.8 Å². The Bertz CT molecular complexity index is 1540. The monoisotopic (exact) mass is 649 g/mol. The fraction of sp³-hybridized carbons (Fsp3) is 0.417. The number of hydrogen-bond acceptors (Lipinski definition) is 15. The molecule has 0 aromatic carbocycles. The van der Waals surface area contributed by atoms with E-state index in [2.05, 4.69) is 20.4 Å². The van der Waals surface area contributed by atoms with E-state index < -0.39 is 40.8 Å². The van der Waals surface area contributed by atoms with E-state index in [4.69, 9.17) is 22.1 Å². The van der Waals surface area contributed by atoms with Crippen molar-refractivity contribution < 1.29 is 38.9 Å². The number of carboxylic acid groups (broad SMARTS) is 2. The number of carbonyl (C=O) groups excluding carboxylic acids is 3. The zero-order valence-corrected chi connectivity index (χ0v) is 24.9. The second kappa shape index (κ2) is 12.3. The summed E-state index contributed by atoms with van der Waals surface area (Å²) >= 11 is 3.43. The molecule has 2 aromatic rings. The molecule has 2 amide bonds. The molecule has 0 bridgehead atoms. The minimum atomic E-state index is -1.60. The molecule has 228 valence electrons. The number of amides is 2. The summed E-state index contributed by atoms with van der Waals surface area (Å²) in [5, 5.41) is 29.7. The lowest BCUT2D eigenvalue weighted by atomic mass is 9.85. The Morgan fingerprint density at radius 1 is 1.28 bits per heavy atom. The number of oxime groups is 1. The molecule has 0 spiro atoms. The number of hydrogen-bond donors (Lipinski definition) is 5. The first-order valence-corrected chi connectivity index (χ1v) is 15.9. The third-order valence-electron chi connectivity index (χ3n) is 7.10. The second-order valence-electron chi connectivity index (χ2n) is 9.89. The summed E-state index contributed by atoms with van der Waals surface area (Å²) in [6.45, 7) is 0. The van der Waals surface area contributed by atoms with Crippen molar-refractivity contribution in [2.24, 2.45) is 5.16 Å². The van der Waals surface area contributed by atoms with Crippen LogP contribution in [0.4, 0.5) is 10.9 Å². The van der Waals surface area contributed by atoms with Gasteiger partial charge >= 0.3 is 11.1 Å². The van der Waals surface area contributed by atoms with Crippen molar-refractivity contribution in [3.05, 3.63) is 34.6 Å². The second-order valence-corrected chi connectivity index (χ2v) is 12.8. The molecule has 2 aliphatic heterocycles. The van der Waals surface area contributed by atoms with Crippen LogP contribution in [0, 0.1) is 0 Å². The van der Waals surface area contributed by atoms with E-state index in [9.17, 15) is 29.4 Å². The number of anilines is 2. The number of nitrogens with zero attached hydrogens (tertiary/aromatic N) is 5. The van der Waals surface area contributed by atoms with Gasteiger partial charge in [0.1, 0.15) is 23.3 Å². The Labute approximate surface area is 256 Å². The van der Waals surface area contributed by atoms with Crippen LogP contribution in [0.25, 0.3) is 0 Å². The molecule has 1 unspecified atom stereocenters. The number of carboxylic acids is 2. The molecule has 1 saturated carbocycles. The van der Waals surface area contributed by atoms with Crippen LogP contribution in [0.15, 0.2) is 39.2 Å². The smallest absolute Gasteiger partial charge is 0.384 e. The average molecular weight is 650 g/mol. The number of nitrogens with one attached hydrogen (secondary N) is 1. The van der Waals surface area contributed by atoms with Gasteiger partial charge in [0, 0.05) is 35.8 Å². The van der Waals surface area contributed by atoms with Gasteiger partial charge in [0.25, 0.3) is 11.8 Å². The minimum Gasteiger partial charge on any atom is -0.543 e. The Balaban J connectivity index is 1.34. The van der Waals surface area contributed by atoms with Crippen LogP contribution in [-0.4, -0.2) is 78.0 Å². The highest BCUT2D eigenvalue weighted by Crippen LogP contribution is 2.41. The third-order valence-corrected chi connectivity index (χ3v) is 10.2. The highest BCUT2D eigenvalue weighted by Gasteiger charge is 2.53. The molecule has 4 heterocycles. The quantitative estimate of drug-likeness (QED) is 0.0370. The van der Waals surface area contributed by atoms with Crippen molar-refractivity contribution in [2.45, 2.75) is 54.3 Å². The summed E-state index contributed by atoms with van der Waals surface area (Å²) in [6, 6.07) is 0.405. The van der Waals surface area contributed by atoms with Crippen molar-refractivity contribution in [2.75, 3.05) is 28.8 Å². The van der Waals surface area contributed by atoms with Crippen molar-refractivity contribution in [1.82, 2.24) is 20.2 Å². The Kier molecular flexibility index (Phi) is 8.65. The summed E-state index contributed by atoms with van der Waals surface area (Å²) in [7, 11) is 0. The van der Waals surface area contributed by atoms with Crippen LogP contribution >= 0.6 is 34.9 Å². The predicted molar refractivity (Wildman–Crippen MR) is 154 cm³/mol. The molecular formula is C24H27N9O7S3. The number of rotatable bonds is 10. The van der Waals surface area contributed by atoms with Gasteiger partial charge in [-0.1, -0.05) is 11.6 Å². The minimum absolute atomic E-state index is 0.0400. The molecule has 43 heavy (non-hydrogen) atoms. The zero-order chi connectivity index (χ0) is 30.9. The lowest BCUT2D eigenvalue weighted by molar-refractivity contribution is -0.682.